The molecule has 2 amide bonds. The first-order valence-corrected chi connectivity index (χ1v) is 7.12. The standard InChI is InChI=1S/C14H17N5O3/c1-8-5-12(18-22-8)14(21)19-4-2-3-9(7-19)10-6-11(13(15)20)17-16-10/h5-6,9H,2-4,7H2,1H3,(H2,15,20)(H,16,17). The fourth-order valence-corrected chi connectivity index (χ4v) is 2.72. The van der Waals surface area contributed by atoms with E-state index in [1.54, 1.807) is 24.0 Å². The Bertz CT molecular complexity index is 705. The number of nitrogens with zero attached hydrogens (tertiary/aromatic N) is 3. The Morgan fingerprint density at radius 2 is 2.23 bits per heavy atom. The Kier molecular flexibility index (Phi) is 3.66. The van der Waals surface area contributed by atoms with Gasteiger partial charge in [-0.1, -0.05) is 5.16 Å². The van der Waals surface area contributed by atoms with Crippen LogP contribution in [0.3, 0.4) is 0 Å². The van der Waals surface area contributed by atoms with Crippen LogP contribution in [0.4, 0.5) is 0 Å². The lowest BCUT2D eigenvalue weighted by Gasteiger charge is -2.31. The average Bonchev–Trinajstić information content (AvgIpc) is 3.15. The van der Waals surface area contributed by atoms with E-state index in [4.69, 9.17) is 10.3 Å². The summed E-state index contributed by atoms with van der Waals surface area (Å²) < 4.78 is 4.95. The van der Waals surface area contributed by atoms with Gasteiger partial charge in [0.25, 0.3) is 11.8 Å². The molecule has 0 aromatic carbocycles. The second-order valence-electron chi connectivity index (χ2n) is 5.49. The number of carbonyl (C=O) groups excluding carboxylic acids is 2. The van der Waals surface area contributed by atoms with Crippen molar-refractivity contribution in [3.8, 4) is 0 Å². The van der Waals surface area contributed by atoms with E-state index in [0.29, 0.717) is 24.5 Å². The first-order chi connectivity index (χ1) is 10.5. The normalized spacial score (nSPS) is 18.4. The van der Waals surface area contributed by atoms with Gasteiger partial charge in [0.1, 0.15) is 11.5 Å². The van der Waals surface area contributed by atoms with Crippen LogP contribution in [0.2, 0.25) is 0 Å². The second kappa shape index (κ2) is 5.63. The van der Waals surface area contributed by atoms with E-state index in [2.05, 4.69) is 15.4 Å². The molecule has 3 rings (SSSR count). The molecule has 8 nitrogen and oxygen atoms in total. The molecule has 1 aliphatic heterocycles. The number of amides is 2. The van der Waals surface area contributed by atoms with Crippen LogP contribution in [0.25, 0.3) is 0 Å². The third-order valence-electron chi connectivity index (χ3n) is 3.85. The maximum absolute atomic E-state index is 12.4. The molecule has 2 aromatic rings. The van der Waals surface area contributed by atoms with Crippen LogP contribution in [0.1, 0.15) is 51.2 Å². The highest BCUT2D eigenvalue weighted by Gasteiger charge is 2.28. The molecule has 0 saturated carbocycles. The van der Waals surface area contributed by atoms with Gasteiger partial charge >= 0.3 is 0 Å². The molecule has 1 atom stereocenters. The van der Waals surface area contributed by atoms with Gasteiger partial charge in [0.2, 0.25) is 0 Å². The van der Waals surface area contributed by atoms with Crippen LogP contribution < -0.4 is 5.73 Å². The summed E-state index contributed by atoms with van der Waals surface area (Å²) in [4.78, 5) is 25.3. The molecular formula is C14H17N5O3. The first kappa shape index (κ1) is 14.3. The molecule has 8 heteroatoms. The number of likely N-dealkylation sites (tertiary alicyclic amines) is 1. The SMILES string of the molecule is Cc1cc(C(=O)N2CCCC(c3cc(C(N)=O)n[nH]3)C2)no1. The quantitative estimate of drug-likeness (QED) is 0.870. The van der Waals surface area contributed by atoms with Crippen molar-refractivity contribution in [1.29, 1.82) is 0 Å². The highest BCUT2D eigenvalue weighted by molar-refractivity contribution is 5.92. The number of rotatable bonds is 3. The fraction of sp³-hybridized carbons (Fsp3) is 0.429. The molecule has 1 unspecified atom stereocenters. The van der Waals surface area contributed by atoms with E-state index in [-0.39, 0.29) is 17.5 Å². The summed E-state index contributed by atoms with van der Waals surface area (Å²) in [6.45, 7) is 2.97. The van der Waals surface area contributed by atoms with Gasteiger partial charge in [-0.3, -0.25) is 14.7 Å². The van der Waals surface area contributed by atoms with Crippen LogP contribution in [-0.4, -0.2) is 45.2 Å². The van der Waals surface area contributed by atoms with Gasteiger partial charge < -0.3 is 15.2 Å². The Morgan fingerprint density at radius 3 is 2.86 bits per heavy atom. The first-order valence-electron chi connectivity index (χ1n) is 7.12. The predicted molar refractivity (Wildman–Crippen MR) is 76.2 cm³/mol. The number of nitrogens with two attached hydrogens (primary N) is 1. The zero-order chi connectivity index (χ0) is 15.7. The molecule has 22 heavy (non-hydrogen) atoms. The van der Waals surface area contributed by atoms with Crippen molar-refractivity contribution >= 4 is 11.8 Å². The minimum absolute atomic E-state index is 0.103. The number of aryl methyl sites for hydroxylation is 1. The van der Waals surface area contributed by atoms with Crippen molar-refractivity contribution in [2.45, 2.75) is 25.7 Å². The van der Waals surface area contributed by atoms with E-state index in [9.17, 15) is 9.59 Å². The number of hydrogen-bond donors (Lipinski definition) is 2. The molecule has 116 valence electrons. The topological polar surface area (TPSA) is 118 Å². The monoisotopic (exact) mass is 303 g/mol. The minimum Gasteiger partial charge on any atom is -0.364 e. The van der Waals surface area contributed by atoms with E-state index < -0.39 is 5.91 Å². The van der Waals surface area contributed by atoms with E-state index in [1.807, 2.05) is 0 Å². The number of primary amides is 1. The minimum atomic E-state index is -0.565. The lowest BCUT2D eigenvalue weighted by atomic mass is 9.94. The lowest BCUT2D eigenvalue weighted by molar-refractivity contribution is 0.0695. The molecule has 1 fully saturated rings. The number of aromatic amines is 1. The molecule has 3 heterocycles. The largest absolute Gasteiger partial charge is 0.364 e. The zero-order valence-electron chi connectivity index (χ0n) is 12.2. The number of hydrogen-bond acceptors (Lipinski definition) is 5. The summed E-state index contributed by atoms with van der Waals surface area (Å²) in [5.41, 5.74) is 6.56. The van der Waals surface area contributed by atoms with Crippen LogP contribution in [-0.2, 0) is 0 Å². The predicted octanol–water partition coefficient (Wildman–Crippen LogP) is 0.825. The second-order valence-corrected chi connectivity index (χ2v) is 5.49. The molecule has 0 spiro atoms. The van der Waals surface area contributed by atoms with Gasteiger partial charge in [0, 0.05) is 30.8 Å². The van der Waals surface area contributed by atoms with Gasteiger partial charge in [0.05, 0.1) is 0 Å². The molecule has 2 aromatic heterocycles. The van der Waals surface area contributed by atoms with Crippen molar-refractivity contribution in [2.75, 3.05) is 13.1 Å². The number of H-pyrrole nitrogens is 1. The molecule has 0 radical (unpaired) electrons. The van der Waals surface area contributed by atoms with Crippen molar-refractivity contribution in [3.05, 3.63) is 35.0 Å². The van der Waals surface area contributed by atoms with Crippen LogP contribution in [0.5, 0.6) is 0 Å². The number of nitrogens with one attached hydrogen (secondary N) is 1. The van der Waals surface area contributed by atoms with Crippen molar-refractivity contribution in [1.82, 2.24) is 20.3 Å². The van der Waals surface area contributed by atoms with E-state index in [0.717, 1.165) is 18.5 Å². The Balaban J connectivity index is 1.73. The molecular weight excluding hydrogens is 286 g/mol. The van der Waals surface area contributed by atoms with Crippen LogP contribution in [0, 0.1) is 6.92 Å². The smallest absolute Gasteiger partial charge is 0.276 e. The lowest BCUT2D eigenvalue weighted by Crippen LogP contribution is -2.39. The summed E-state index contributed by atoms with van der Waals surface area (Å²) in [5, 5.41) is 10.5. The summed E-state index contributed by atoms with van der Waals surface area (Å²) in [7, 11) is 0. The van der Waals surface area contributed by atoms with Crippen LogP contribution >= 0.6 is 0 Å². The summed E-state index contributed by atoms with van der Waals surface area (Å²) in [5.74, 6) is 0.00313. The molecule has 3 N–H and O–H groups in total. The maximum atomic E-state index is 12.4. The molecule has 0 bridgehead atoms. The Hall–Kier alpha value is -2.64. The van der Waals surface area contributed by atoms with Gasteiger partial charge in [-0.15, -0.1) is 0 Å². The van der Waals surface area contributed by atoms with Crippen molar-refractivity contribution in [2.24, 2.45) is 5.73 Å². The third kappa shape index (κ3) is 2.72. The molecule has 1 aliphatic rings. The van der Waals surface area contributed by atoms with Crippen LogP contribution in [0.15, 0.2) is 16.7 Å². The highest BCUT2D eigenvalue weighted by atomic mass is 16.5. The summed E-state index contributed by atoms with van der Waals surface area (Å²) in [6, 6.07) is 3.29. The summed E-state index contributed by atoms with van der Waals surface area (Å²) >= 11 is 0. The van der Waals surface area contributed by atoms with Gasteiger partial charge in [0.15, 0.2) is 5.69 Å². The highest BCUT2D eigenvalue weighted by Crippen LogP contribution is 2.26. The molecule has 0 aliphatic carbocycles. The number of carbonyl (C=O) groups is 2. The molecule has 1 saturated heterocycles. The van der Waals surface area contributed by atoms with E-state index in [1.165, 1.54) is 0 Å². The van der Waals surface area contributed by atoms with Crippen molar-refractivity contribution in [3.63, 3.8) is 0 Å². The summed E-state index contributed by atoms with van der Waals surface area (Å²) in [6.07, 6.45) is 1.79. The maximum Gasteiger partial charge on any atom is 0.276 e. The fourth-order valence-electron chi connectivity index (χ4n) is 2.72. The van der Waals surface area contributed by atoms with Crippen molar-refractivity contribution < 1.29 is 14.1 Å². The average molecular weight is 303 g/mol. The van der Waals surface area contributed by atoms with Gasteiger partial charge in [-0.05, 0) is 25.8 Å². The van der Waals surface area contributed by atoms with E-state index >= 15 is 0 Å². The number of piperidine rings is 1. The van der Waals surface area contributed by atoms with Gasteiger partial charge in [-0.2, -0.15) is 5.10 Å². The Labute approximate surface area is 126 Å². The zero-order valence-corrected chi connectivity index (χ0v) is 12.2. The third-order valence-corrected chi connectivity index (χ3v) is 3.85. The van der Waals surface area contributed by atoms with Gasteiger partial charge in [-0.25, -0.2) is 0 Å². The Morgan fingerprint density at radius 1 is 1.41 bits per heavy atom. The number of aromatic nitrogens is 3.